The number of hydrogen-bond donors (Lipinski definition) is 1. The minimum Gasteiger partial charge on any atom is -0.493 e. The summed E-state index contributed by atoms with van der Waals surface area (Å²) in [4.78, 5) is 12.5. The van der Waals surface area contributed by atoms with E-state index >= 15 is 0 Å². The molecule has 22 heavy (non-hydrogen) atoms. The van der Waals surface area contributed by atoms with E-state index in [0.29, 0.717) is 28.3 Å². The summed E-state index contributed by atoms with van der Waals surface area (Å²) in [6, 6.07) is 1.72. The highest BCUT2D eigenvalue weighted by molar-refractivity contribution is 6.28. The maximum absolute atomic E-state index is 10.3. The second-order valence-electron chi connectivity index (χ2n) is 5.25. The lowest BCUT2D eigenvalue weighted by Crippen LogP contribution is -2.19. The first-order valence-corrected chi connectivity index (χ1v) is 6.92. The van der Waals surface area contributed by atoms with Gasteiger partial charge in [-0.3, -0.25) is 0 Å². The van der Waals surface area contributed by atoms with Gasteiger partial charge in [-0.05, 0) is 31.5 Å². The Labute approximate surface area is 131 Å². The fourth-order valence-electron chi connectivity index (χ4n) is 2.15. The zero-order valence-electron chi connectivity index (χ0n) is 12.3. The Morgan fingerprint density at radius 3 is 2.73 bits per heavy atom. The average molecular weight is 320 g/mol. The summed E-state index contributed by atoms with van der Waals surface area (Å²) in [5, 5.41) is 14.7. The number of halogens is 1. The molecule has 0 fully saturated rings. The van der Waals surface area contributed by atoms with Crippen LogP contribution in [0, 0.1) is 0 Å². The molecule has 0 saturated carbocycles. The summed E-state index contributed by atoms with van der Waals surface area (Å²) in [6.45, 7) is 3.29. The van der Waals surface area contributed by atoms with Crippen LogP contribution in [0.15, 0.2) is 24.7 Å². The van der Waals surface area contributed by atoms with Crippen molar-refractivity contribution >= 4 is 17.2 Å². The Morgan fingerprint density at radius 2 is 2.09 bits per heavy atom. The third-order valence-corrected chi connectivity index (χ3v) is 3.34. The molecule has 0 amide bonds. The molecule has 3 aromatic rings. The molecule has 3 rings (SSSR count). The van der Waals surface area contributed by atoms with E-state index in [1.165, 1.54) is 7.11 Å². The van der Waals surface area contributed by atoms with Crippen LogP contribution in [0.3, 0.4) is 0 Å². The lowest BCUT2D eigenvalue weighted by molar-refractivity contribution is 0.0707. The molecule has 0 atom stereocenters. The van der Waals surface area contributed by atoms with Gasteiger partial charge in [0.1, 0.15) is 11.3 Å². The lowest BCUT2D eigenvalue weighted by atomic mass is 10.0. The van der Waals surface area contributed by atoms with Crippen molar-refractivity contribution in [2.24, 2.45) is 0 Å². The van der Waals surface area contributed by atoms with Gasteiger partial charge in [-0.1, -0.05) is 0 Å². The number of fused-ring (bicyclic) bond motifs is 1. The molecule has 8 heteroatoms. The van der Waals surface area contributed by atoms with Crippen LogP contribution in [0.25, 0.3) is 16.9 Å². The van der Waals surface area contributed by atoms with E-state index in [0.717, 1.165) is 0 Å². The standard InChI is InChI=1S/C14H14ClN5O2/c1-14(2,21)11-10(22-3)7-20-12(19-11)8(6-17-20)9-4-5-16-13(15)18-9/h4-7,21H,1-3H3. The highest BCUT2D eigenvalue weighted by atomic mass is 35.5. The molecule has 1 N–H and O–H groups in total. The molecule has 3 heterocycles. The van der Waals surface area contributed by atoms with Crippen LogP contribution in [0.1, 0.15) is 19.5 Å². The fourth-order valence-corrected chi connectivity index (χ4v) is 2.30. The second-order valence-corrected chi connectivity index (χ2v) is 5.59. The van der Waals surface area contributed by atoms with Gasteiger partial charge < -0.3 is 9.84 Å². The van der Waals surface area contributed by atoms with E-state index in [2.05, 4.69) is 20.1 Å². The van der Waals surface area contributed by atoms with Crippen LogP contribution >= 0.6 is 11.6 Å². The van der Waals surface area contributed by atoms with Crippen molar-refractivity contribution in [2.45, 2.75) is 19.4 Å². The first-order valence-electron chi connectivity index (χ1n) is 6.54. The van der Waals surface area contributed by atoms with Gasteiger partial charge in [0.25, 0.3) is 0 Å². The number of nitrogens with zero attached hydrogens (tertiary/aromatic N) is 5. The summed E-state index contributed by atoms with van der Waals surface area (Å²) in [5.74, 6) is 0.454. The molecule has 114 valence electrons. The van der Waals surface area contributed by atoms with Crippen LogP contribution in [-0.2, 0) is 5.60 Å². The highest BCUT2D eigenvalue weighted by Gasteiger charge is 2.25. The van der Waals surface area contributed by atoms with Gasteiger partial charge in [0, 0.05) is 6.20 Å². The van der Waals surface area contributed by atoms with E-state index in [1.807, 2.05) is 0 Å². The van der Waals surface area contributed by atoms with Gasteiger partial charge >= 0.3 is 0 Å². The molecule has 3 aromatic heterocycles. The number of hydrogen-bond acceptors (Lipinski definition) is 6. The van der Waals surface area contributed by atoms with Crippen LogP contribution in [0.2, 0.25) is 5.28 Å². The molecule has 0 aliphatic carbocycles. The van der Waals surface area contributed by atoms with Gasteiger partial charge in [0.15, 0.2) is 11.4 Å². The normalized spacial score (nSPS) is 11.9. The molecule has 7 nitrogen and oxygen atoms in total. The van der Waals surface area contributed by atoms with Crippen molar-refractivity contribution in [3.05, 3.63) is 35.6 Å². The van der Waals surface area contributed by atoms with Crippen molar-refractivity contribution in [3.63, 3.8) is 0 Å². The molecule has 0 saturated heterocycles. The monoisotopic (exact) mass is 319 g/mol. The van der Waals surface area contributed by atoms with Gasteiger partial charge in [-0.2, -0.15) is 5.10 Å². The molecular weight excluding hydrogens is 306 g/mol. The smallest absolute Gasteiger partial charge is 0.222 e. The van der Waals surface area contributed by atoms with Crippen molar-refractivity contribution in [2.75, 3.05) is 7.11 Å². The third kappa shape index (κ3) is 2.49. The van der Waals surface area contributed by atoms with Gasteiger partial charge in [0.05, 0.1) is 30.8 Å². The van der Waals surface area contributed by atoms with E-state index in [1.54, 1.807) is 43.0 Å². The van der Waals surface area contributed by atoms with Gasteiger partial charge in [-0.15, -0.1) is 0 Å². The highest BCUT2D eigenvalue weighted by Crippen LogP contribution is 2.30. The maximum atomic E-state index is 10.3. The number of aliphatic hydroxyl groups is 1. The Bertz CT molecular complexity index is 841. The average Bonchev–Trinajstić information content (AvgIpc) is 2.87. The number of aromatic nitrogens is 5. The zero-order valence-corrected chi connectivity index (χ0v) is 13.0. The van der Waals surface area contributed by atoms with Crippen LogP contribution in [0.4, 0.5) is 0 Å². The Balaban J connectivity index is 2.26. The molecule has 0 spiro atoms. The van der Waals surface area contributed by atoms with Crippen LogP contribution in [-0.4, -0.2) is 36.8 Å². The van der Waals surface area contributed by atoms with Crippen LogP contribution in [0.5, 0.6) is 5.75 Å². The van der Waals surface area contributed by atoms with Crippen molar-refractivity contribution in [1.82, 2.24) is 24.6 Å². The molecule has 0 aliphatic heterocycles. The predicted octanol–water partition coefficient (Wildman–Crippen LogP) is 2.08. The summed E-state index contributed by atoms with van der Waals surface area (Å²) >= 11 is 5.83. The van der Waals surface area contributed by atoms with Gasteiger partial charge in [0.2, 0.25) is 5.28 Å². The van der Waals surface area contributed by atoms with Crippen molar-refractivity contribution < 1.29 is 9.84 Å². The Hall–Kier alpha value is -2.25. The molecular formula is C14H14ClN5O2. The Kier molecular flexibility index (Phi) is 3.46. The Morgan fingerprint density at radius 1 is 1.32 bits per heavy atom. The van der Waals surface area contributed by atoms with E-state index in [9.17, 15) is 5.11 Å². The molecule has 0 aliphatic rings. The summed E-state index contributed by atoms with van der Waals surface area (Å²) in [6.07, 6.45) is 4.87. The van der Waals surface area contributed by atoms with E-state index < -0.39 is 5.60 Å². The predicted molar refractivity (Wildman–Crippen MR) is 80.8 cm³/mol. The van der Waals surface area contributed by atoms with Gasteiger partial charge in [-0.25, -0.2) is 19.5 Å². The minimum atomic E-state index is -1.15. The van der Waals surface area contributed by atoms with E-state index in [-0.39, 0.29) is 5.28 Å². The molecule has 0 unspecified atom stereocenters. The van der Waals surface area contributed by atoms with E-state index in [4.69, 9.17) is 16.3 Å². The van der Waals surface area contributed by atoms with Crippen molar-refractivity contribution in [1.29, 1.82) is 0 Å². The zero-order chi connectivity index (χ0) is 15.9. The summed E-state index contributed by atoms with van der Waals surface area (Å²) in [7, 11) is 1.52. The fraction of sp³-hybridized carbons (Fsp3) is 0.286. The molecule has 0 aromatic carbocycles. The summed E-state index contributed by atoms with van der Waals surface area (Å²) in [5.41, 5.74) is 1.11. The lowest BCUT2D eigenvalue weighted by Gasteiger charge is -2.19. The second kappa shape index (κ2) is 5.19. The van der Waals surface area contributed by atoms with Crippen molar-refractivity contribution in [3.8, 4) is 17.0 Å². The first kappa shape index (κ1) is 14.7. The number of methoxy groups -OCH3 is 1. The largest absolute Gasteiger partial charge is 0.493 e. The third-order valence-electron chi connectivity index (χ3n) is 3.16. The minimum absolute atomic E-state index is 0.146. The molecule has 0 radical (unpaired) electrons. The first-order chi connectivity index (χ1) is 10.4. The topological polar surface area (TPSA) is 85.4 Å². The van der Waals surface area contributed by atoms with Crippen LogP contribution < -0.4 is 4.74 Å². The quantitative estimate of drug-likeness (QED) is 0.744. The number of rotatable bonds is 3. The molecule has 0 bridgehead atoms. The number of ether oxygens (including phenoxy) is 1. The summed E-state index contributed by atoms with van der Waals surface area (Å²) < 4.78 is 6.85. The maximum Gasteiger partial charge on any atom is 0.222 e. The SMILES string of the molecule is COc1cn2ncc(-c3ccnc(Cl)n3)c2nc1C(C)(C)O.